The lowest BCUT2D eigenvalue weighted by atomic mass is 10.1. The molecule has 1 amide bonds. The van der Waals surface area contributed by atoms with Gasteiger partial charge in [0.2, 0.25) is 0 Å². The molecule has 2 fully saturated rings. The summed E-state index contributed by atoms with van der Waals surface area (Å²) >= 11 is 0. The molecule has 1 atom stereocenters. The van der Waals surface area contributed by atoms with Crippen LogP contribution in [-0.2, 0) is 4.74 Å². The van der Waals surface area contributed by atoms with Gasteiger partial charge in [0.15, 0.2) is 0 Å². The molecule has 2 heterocycles. The lowest BCUT2D eigenvalue weighted by Crippen LogP contribution is -2.40. The molecular weight excluding hydrogens is 290 g/mol. The minimum atomic E-state index is -0.407. The zero-order valence-electron chi connectivity index (χ0n) is 15.3. The van der Waals surface area contributed by atoms with Gasteiger partial charge in [-0.3, -0.25) is 0 Å². The lowest BCUT2D eigenvalue weighted by Gasteiger charge is -2.27. The minimum Gasteiger partial charge on any atom is -0.444 e. The molecule has 5 nitrogen and oxygen atoms in total. The van der Waals surface area contributed by atoms with Crippen LogP contribution in [0.3, 0.4) is 0 Å². The van der Waals surface area contributed by atoms with Crippen molar-refractivity contribution in [1.29, 1.82) is 0 Å². The van der Waals surface area contributed by atoms with Gasteiger partial charge in [-0.25, -0.2) is 4.79 Å². The number of hydrogen-bond acceptors (Lipinski definition) is 4. The van der Waals surface area contributed by atoms with Crippen LogP contribution in [0.15, 0.2) is 0 Å². The van der Waals surface area contributed by atoms with E-state index in [1.54, 1.807) is 0 Å². The summed E-state index contributed by atoms with van der Waals surface area (Å²) in [6.07, 6.45) is 7.18. The Labute approximate surface area is 141 Å². The highest BCUT2D eigenvalue weighted by Crippen LogP contribution is 2.15. The van der Waals surface area contributed by atoms with Gasteiger partial charge in [-0.15, -0.1) is 0 Å². The molecule has 2 saturated heterocycles. The summed E-state index contributed by atoms with van der Waals surface area (Å²) in [6, 6.07) is 0.534. The number of ether oxygens (including phenoxy) is 1. The van der Waals surface area contributed by atoms with Gasteiger partial charge >= 0.3 is 6.09 Å². The van der Waals surface area contributed by atoms with Gasteiger partial charge < -0.3 is 19.9 Å². The van der Waals surface area contributed by atoms with Crippen LogP contribution < -0.4 is 5.32 Å². The summed E-state index contributed by atoms with van der Waals surface area (Å²) in [5, 5.41) is 3.70. The lowest BCUT2D eigenvalue weighted by molar-refractivity contribution is 0.0256. The maximum Gasteiger partial charge on any atom is 0.410 e. The number of piperidine rings is 1. The number of nitrogens with zero attached hydrogens (tertiary/aromatic N) is 2. The highest BCUT2D eigenvalue weighted by molar-refractivity contribution is 5.68. The second-order valence-electron chi connectivity index (χ2n) is 7.95. The van der Waals surface area contributed by atoms with Gasteiger partial charge in [-0.05, 0) is 66.0 Å². The normalized spacial score (nSPS) is 24.3. The Morgan fingerprint density at radius 1 is 1.04 bits per heavy atom. The smallest absolute Gasteiger partial charge is 0.410 e. The Hall–Kier alpha value is -0.810. The maximum absolute atomic E-state index is 12.2. The van der Waals surface area contributed by atoms with E-state index in [9.17, 15) is 4.79 Å². The fourth-order valence-corrected chi connectivity index (χ4v) is 3.42. The molecular formula is C18H35N3O2. The predicted molar refractivity (Wildman–Crippen MR) is 93.7 cm³/mol. The van der Waals surface area contributed by atoms with E-state index in [4.69, 9.17) is 4.74 Å². The average molecular weight is 325 g/mol. The second-order valence-corrected chi connectivity index (χ2v) is 7.95. The Morgan fingerprint density at radius 2 is 1.78 bits per heavy atom. The molecule has 0 aliphatic carbocycles. The third-order valence-corrected chi connectivity index (χ3v) is 4.69. The summed E-state index contributed by atoms with van der Waals surface area (Å²) < 4.78 is 5.49. The first-order valence-corrected chi connectivity index (χ1v) is 9.38. The van der Waals surface area contributed by atoms with Crippen molar-refractivity contribution in [3.05, 3.63) is 0 Å². The summed E-state index contributed by atoms with van der Waals surface area (Å²) in [7, 11) is 0. The van der Waals surface area contributed by atoms with Crippen LogP contribution in [0, 0.1) is 0 Å². The molecule has 134 valence electrons. The van der Waals surface area contributed by atoms with Crippen LogP contribution in [0.5, 0.6) is 0 Å². The predicted octanol–water partition coefficient (Wildman–Crippen LogP) is 2.85. The van der Waals surface area contributed by atoms with Gasteiger partial charge in [0.1, 0.15) is 5.60 Å². The maximum atomic E-state index is 12.2. The molecule has 0 aromatic carbocycles. The fraction of sp³-hybridized carbons (Fsp3) is 0.944. The zero-order chi connectivity index (χ0) is 16.7. The van der Waals surface area contributed by atoms with Crippen molar-refractivity contribution in [2.75, 3.05) is 39.3 Å². The van der Waals surface area contributed by atoms with Crippen molar-refractivity contribution in [1.82, 2.24) is 15.1 Å². The highest BCUT2D eigenvalue weighted by Gasteiger charge is 2.25. The summed E-state index contributed by atoms with van der Waals surface area (Å²) in [4.78, 5) is 16.6. The number of nitrogens with one attached hydrogen (secondary N) is 1. The Balaban J connectivity index is 1.66. The third kappa shape index (κ3) is 7.08. The molecule has 0 aromatic heterocycles. The highest BCUT2D eigenvalue weighted by atomic mass is 16.6. The van der Waals surface area contributed by atoms with Crippen molar-refractivity contribution in [2.24, 2.45) is 0 Å². The molecule has 5 heteroatoms. The van der Waals surface area contributed by atoms with Crippen molar-refractivity contribution in [3.63, 3.8) is 0 Å². The average Bonchev–Trinajstić information content (AvgIpc) is 2.72. The van der Waals surface area contributed by atoms with E-state index >= 15 is 0 Å². The van der Waals surface area contributed by atoms with Gasteiger partial charge in [0, 0.05) is 32.2 Å². The molecule has 1 unspecified atom stereocenters. The van der Waals surface area contributed by atoms with Crippen molar-refractivity contribution in [2.45, 2.75) is 70.9 Å². The van der Waals surface area contributed by atoms with E-state index in [-0.39, 0.29) is 6.09 Å². The molecule has 1 N–H and O–H groups in total. The topological polar surface area (TPSA) is 44.8 Å². The molecule has 0 radical (unpaired) electrons. The van der Waals surface area contributed by atoms with E-state index in [0.29, 0.717) is 6.04 Å². The van der Waals surface area contributed by atoms with Crippen LogP contribution >= 0.6 is 0 Å². The Kier molecular flexibility index (Phi) is 7.15. The van der Waals surface area contributed by atoms with Crippen LogP contribution in [0.1, 0.15) is 59.3 Å². The van der Waals surface area contributed by atoms with E-state index in [1.807, 2.05) is 25.7 Å². The molecule has 23 heavy (non-hydrogen) atoms. The number of amides is 1. The van der Waals surface area contributed by atoms with Crippen LogP contribution in [0.4, 0.5) is 4.79 Å². The second kappa shape index (κ2) is 8.88. The molecule has 2 rings (SSSR count). The number of hydrogen-bond donors (Lipinski definition) is 1. The fourth-order valence-electron chi connectivity index (χ4n) is 3.42. The first-order valence-electron chi connectivity index (χ1n) is 9.38. The van der Waals surface area contributed by atoms with E-state index in [2.05, 4.69) is 10.2 Å². The quantitative estimate of drug-likeness (QED) is 0.863. The Bertz CT molecular complexity index is 362. The monoisotopic (exact) mass is 325 g/mol. The van der Waals surface area contributed by atoms with E-state index < -0.39 is 5.60 Å². The van der Waals surface area contributed by atoms with E-state index in [1.165, 1.54) is 32.4 Å². The first-order chi connectivity index (χ1) is 10.9. The number of likely N-dealkylation sites (tertiary alicyclic amines) is 2. The SMILES string of the molecule is CC(C)(C)OC(=O)N1CCCC(NCCN2CCCCC2)CC1. The largest absolute Gasteiger partial charge is 0.444 e. The number of carbonyl (C=O) groups excluding carboxylic acids is 1. The van der Waals surface area contributed by atoms with E-state index in [0.717, 1.165) is 45.4 Å². The van der Waals surface area contributed by atoms with Crippen LogP contribution in [-0.4, -0.2) is 66.8 Å². The van der Waals surface area contributed by atoms with Crippen LogP contribution in [0.25, 0.3) is 0 Å². The summed E-state index contributed by atoms with van der Waals surface area (Å²) in [6.45, 7) is 12.1. The molecule has 0 bridgehead atoms. The minimum absolute atomic E-state index is 0.161. The van der Waals surface area contributed by atoms with Crippen molar-refractivity contribution >= 4 is 6.09 Å². The molecule has 0 spiro atoms. The van der Waals surface area contributed by atoms with Crippen molar-refractivity contribution in [3.8, 4) is 0 Å². The molecule has 0 saturated carbocycles. The third-order valence-electron chi connectivity index (χ3n) is 4.69. The van der Waals surface area contributed by atoms with Gasteiger partial charge in [0.05, 0.1) is 0 Å². The van der Waals surface area contributed by atoms with Gasteiger partial charge in [0.25, 0.3) is 0 Å². The van der Waals surface area contributed by atoms with Crippen LogP contribution in [0.2, 0.25) is 0 Å². The zero-order valence-corrected chi connectivity index (χ0v) is 15.3. The standard InChI is InChI=1S/C18H35N3O2/c1-18(2,3)23-17(22)21-13-7-8-16(9-14-21)19-10-15-20-11-5-4-6-12-20/h16,19H,4-15H2,1-3H3. The summed E-state index contributed by atoms with van der Waals surface area (Å²) in [5.41, 5.74) is -0.407. The Morgan fingerprint density at radius 3 is 2.48 bits per heavy atom. The number of carbonyl (C=O) groups is 1. The molecule has 2 aliphatic heterocycles. The van der Waals surface area contributed by atoms with Gasteiger partial charge in [-0.2, -0.15) is 0 Å². The first kappa shape index (κ1) is 18.5. The van der Waals surface area contributed by atoms with Gasteiger partial charge in [-0.1, -0.05) is 6.42 Å². The van der Waals surface area contributed by atoms with Crippen molar-refractivity contribution < 1.29 is 9.53 Å². The molecule has 2 aliphatic rings. The molecule has 0 aromatic rings. The summed E-state index contributed by atoms with van der Waals surface area (Å²) in [5.74, 6) is 0. The number of rotatable bonds is 4.